The molecule has 0 radical (unpaired) electrons. The summed E-state index contributed by atoms with van der Waals surface area (Å²) in [5.74, 6) is 0. The molecular formula is C13H12N4OS. The van der Waals surface area contributed by atoms with Crippen LogP contribution in [0, 0.1) is 0 Å². The van der Waals surface area contributed by atoms with E-state index in [1.54, 1.807) is 13.1 Å². The molecule has 0 bridgehead atoms. The zero-order valence-corrected chi connectivity index (χ0v) is 11.1. The summed E-state index contributed by atoms with van der Waals surface area (Å²) in [6, 6.07) is 9.41. The molecule has 0 aliphatic rings. The molecule has 0 aromatic carbocycles. The smallest absolute Gasteiger partial charge is 0.201 e. The number of hydrogen-bond acceptors (Lipinski definition) is 5. The minimum Gasteiger partial charge on any atom is -0.389 e. The molecule has 0 aliphatic carbocycles. The fraction of sp³-hybridized carbons (Fsp3) is 0.154. The van der Waals surface area contributed by atoms with Crippen molar-refractivity contribution in [2.45, 2.75) is 23.2 Å². The Hall–Kier alpha value is -1.92. The van der Waals surface area contributed by atoms with Gasteiger partial charge in [0.05, 0.1) is 6.10 Å². The lowest BCUT2D eigenvalue weighted by molar-refractivity contribution is 0.195. The lowest BCUT2D eigenvalue weighted by Gasteiger charge is -2.08. The zero-order valence-electron chi connectivity index (χ0n) is 10.3. The second-order valence-corrected chi connectivity index (χ2v) is 5.04. The first-order valence-electron chi connectivity index (χ1n) is 5.86. The molecule has 19 heavy (non-hydrogen) atoms. The van der Waals surface area contributed by atoms with E-state index in [2.05, 4.69) is 15.2 Å². The largest absolute Gasteiger partial charge is 0.389 e. The Morgan fingerprint density at radius 2 is 2.11 bits per heavy atom. The van der Waals surface area contributed by atoms with Crippen molar-refractivity contribution in [1.82, 2.24) is 19.6 Å². The summed E-state index contributed by atoms with van der Waals surface area (Å²) >= 11 is 1.40. The minimum atomic E-state index is -0.560. The van der Waals surface area contributed by atoms with Crippen molar-refractivity contribution in [2.75, 3.05) is 0 Å². The summed E-state index contributed by atoms with van der Waals surface area (Å²) in [6.45, 7) is 1.73. The molecule has 1 N–H and O–H groups in total. The molecule has 3 aromatic heterocycles. The second-order valence-electron chi connectivity index (χ2n) is 4.09. The van der Waals surface area contributed by atoms with Gasteiger partial charge in [0.1, 0.15) is 5.03 Å². The first-order valence-corrected chi connectivity index (χ1v) is 6.68. The van der Waals surface area contributed by atoms with Gasteiger partial charge in [0.25, 0.3) is 0 Å². The molecule has 3 rings (SSSR count). The molecule has 1 atom stereocenters. The van der Waals surface area contributed by atoms with Crippen LogP contribution in [0.2, 0.25) is 0 Å². The number of hydrogen-bond donors (Lipinski definition) is 1. The van der Waals surface area contributed by atoms with Crippen molar-refractivity contribution in [3.8, 4) is 0 Å². The van der Waals surface area contributed by atoms with Crippen LogP contribution in [0.15, 0.2) is 52.9 Å². The highest BCUT2D eigenvalue weighted by Crippen LogP contribution is 2.30. The molecule has 0 saturated carbocycles. The minimum absolute atomic E-state index is 0.560. The van der Waals surface area contributed by atoms with Crippen molar-refractivity contribution in [2.24, 2.45) is 0 Å². The van der Waals surface area contributed by atoms with E-state index in [4.69, 9.17) is 0 Å². The number of aromatic nitrogens is 4. The van der Waals surface area contributed by atoms with Crippen molar-refractivity contribution in [3.05, 3.63) is 48.3 Å². The molecule has 6 heteroatoms. The van der Waals surface area contributed by atoms with Gasteiger partial charge in [0.2, 0.25) is 5.16 Å². The molecule has 5 nitrogen and oxygen atoms in total. The lowest BCUT2D eigenvalue weighted by Crippen LogP contribution is -1.97. The molecule has 0 aliphatic heterocycles. The maximum absolute atomic E-state index is 9.75. The van der Waals surface area contributed by atoms with E-state index in [-0.39, 0.29) is 0 Å². The first kappa shape index (κ1) is 12.1. The Bertz CT molecular complexity index is 710. The van der Waals surface area contributed by atoms with Crippen LogP contribution in [0.3, 0.4) is 0 Å². The number of aliphatic hydroxyl groups is 1. The van der Waals surface area contributed by atoms with Gasteiger partial charge in [-0.25, -0.2) is 4.98 Å². The van der Waals surface area contributed by atoms with Gasteiger partial charge in [-0.1, -0.05) is 12.1 Å². The van der Waals surface area contributed by atoms with Gasteiger partial charge in [-0.05, 0) is 36.9 Å². The predicted octanol–water partition coefficient (Wildman–Crippen LogP) is 2.33. The van der Waals surface area contributed by atoms with Crippen molar-refractivity contribution < 1.29 is 5.11 Å². The van der Waals surface area contributed by atoms with Crippen LogP contribution in [-0.2, 0) is 0 Å². The lowest BCUT2D eigenvalue weighted by atomic mass is 10.2. The summed E-state index contributed by atoms with van der Waals surface area (Å²) in [5.41, 5.74) is 1.58. The predicted molar refractivity (Wildman–Crippen MR) is 72.0 cm³/mol. The molecule has 96 valence electrons. The maximum atomic E-state index is 9.75. The Kier molecular flexibility index (Phi) is 3.18. The van der Waals surface area contributed by atoms with Crippen LogP contribution in [0.4, 0.5) is 0 Å². The van der Waals surface area contributed by atoms with Crippen LogP contribution in [-0.4, -0.2) is 24.7 Å². The van der Waals surface area contributed by atoms with Crippen LogP contribution >= 0.6 is 11.8 Å². The normalized spacial score (nSPS) is 12.7. The van der Waals surface area contributed by atoms with E-state index >= 15 is 0 Å². The summed E-state index contributed by atoms with van der Waals surface area (Å²) in [4.78, 5) is 4.30. The Morgan fingerprint density at radius 3 is 2.95 bits per heavy atom. The summed E-state index contributed by atoms with van der Waals surface area (Å²) in [5, 5.41) is 19.5. The monoisotopic (exact) mass is 272 g/mol. The number of fused-ring (bicyclic) bond motifs is 1. The average Bonchev–Trinajstić information content (AvgIpc) is 2.83. The Labute approximate surface area is 114 Å². The fourth-order valence-electron chi connectivity index (χ4n) is 1.78. The van der Waals surface area contributed by atoms with Crippen LogP contribution in [0.1, 0.15) is 18.6 Å². The van der Waals surface area contributed by atoms with Gasteiger partial charge in [-0.2, -0.15) is 0 Å². The van der Waals surface area contributed by atoms with Gasteiger partial charge < -0.3 is 5.11 Å². The molecule has 0 spiro atoms. The third-order valence-electron chi connectivity index (χ3n) is 2.72. The fourth-order valence-corrected chi connectivity index (χ4v) is 2.76. The number of pyridine rings is 2. The first-order chi connectivity index (χ1) is 9.25. The van der Waals surface area contributed by atoms with Crippen LogP contribution < -0.4 is 0 Å². The number of aliphatic hydroxyl groups excluding tert-OH is 1. The average molecular weight is 272 g/mol. The van der Waals surface area contributed by atoms with Crippen molar-refractivity contribution in [3.63, 3.8) is 0 Å². The van der Waals surface area contributed by atoms with E-state index in [1.165, 1.54) is 11.8 Å². The summed E-state index contributed by atoms with van der Waals surface area (Å²) in [7, 11) is 0. The molecular weight excluding hydrogens is 260 g/mol. The van der Waals surface area contributed by atoms with Crippen molar-refractivity contribution in [1.29, 1.82) is 0 Å². The summed E-state index contributed by atoms with van der Waals surface area (Å²) < 4.78 is 1.89. The molecule has 0 saturated heterocycles. The third kappa shape index (κ3) is 2.32. The maximum Gasteiger partial charge on any atom is 0.201 e. The zero-order chi connectivity index (χ0) is 13.2. The van der Waals surface area contributed by atoms with Gasteiger partial charge in [-0.3, -0.25) is 4.40 Å². The molecule has 0 amide bonds. The third-order valence-corrected chi connectivity index (χ3v) is 3.72. The topological polar surface area (TPSA) is 63.3 Å². The van der Waals surface area contributed by atoms with Gasteiger partial charge in [0, 0.05) is 18.0 Å². The van der Waals surface area contributed by atoms with Gasteiger partial charge in [-0.15, -0.1) is 10.2 Å². The van der Waals surface area contributed by atoms with Gasteiger partial charge in [0.15, 0.2) is 5.65 Å². The second kappa shape index (κ2) is 4.99. The highest BCUT2D eigenvalue weighted by molar-refractivity contribution is 7.99. The summed E-state index contributed by atoms with van der Waals surface area (Å²) in [6.07, 6.45) is 3.05. The highest BCUT2D eigenvalue weighted by atomic mass is 32.2. The highest BCUT2D eigenvalue weighted by Gasteiger charge is 2.13. The molecule has 3 heterocycles. The standard InChI is InChI=1S/C13H12N4OS/c1-9(18)10-5-4-7-14-12(10)19-13-16-15-11-6-2-3-8-17(11)13/h2-9,18H,1H3. The number of nitrogens with zero attached hydrogens (tertiary/aromatic N) is 4. The van der Waals surface area contributed by atoms with E-state index in [1.807, 2.05) is 40.9 Å². The van der Waals surface area contributed by atoms with Crippen LogP contribution in [0.5, 0.6) is 0 Å². The van der Waals surface area contributed by atoms with E-state index in [0.29, 0.717) is 0 Å². The number of rotatable bonds is 3. The van der Waals surface area contributed by atoms with Crippen molar-refractivity contribution >= 4 is 17.4 Å². The van der Waals surface area contributed by atoms with E-state index in [9.17, 15) is 5.11 Å². The Morgan fingerprint density at radius 1 is 1.21 bits per heavy atom. The SMILES string of the molecule is CC(O)c1cccnc1Sc1nnc2ccccn12. The Balaban J connectivity index is 2.02. The van der Waals surface area contributed by atoms with Crippen LogP contribution in [0.25, 0.3) is 5.65 Å². The molecule has 0 fully saturated rings. The van der Waals surface area contributed by atoms with E-state index in [0.717, 1.165) is 21.4 Å². The molecule has 3 aromatic rings. The molecule has 1 unspecified atom stereocenters. The van der Waals surface area contributed by atoms with E-state index < -0.39 is 6.10 Å². The van der Waals surface area contributed by atoms with Gasteiger partial charge >= 0.3 is 0 Å². The quantitative estimate of drug-likeness (QED) is 0.792.